The molecule has 6 nitrogen and oxygen atoms in total. The second-order valence-corrected chi connectivity index (χ2v) is 5.61. The Balaban J connectivity index is 1.76. The molecule has 0 unspecified atom stereocenters. The molecule has 8 heteroatoms. The zero-order valence-corrected chi connectivity index (χ0v) is 13.4. The lowest BCUT2D eigenvalue weighted by molar-refractivity contribution is -0.116. The summed E-state index contributed by atoms with van der Waals surface area (Å²) in [6.07, 6.45) is 0. The Hall–Kier alpha value is -2.61. The molecule has 23 heavy (non-hydrogen) atoms. The monoisotopic (exact) mass is 375 g/mol. The van der Waals surface area contributed by atoms with Crippen LogP contribution in [0.3, 0.4) is 0 Å². The number of para-hydroxylation sites is 1. The van der Waals surface area contributed by atoms with Gasteiger partial charge in [0.15, 0.2) is 5.82 Å². The third-order valence-corrected chi connectivity index (χ3v) is 3.60. The fraction of sp³-hybridized carbons (Fsp3) is 0.0667. The van der Waals surface area contributed by atoms with E-state index in [4.69, 9.17) is 0 Å². The van der Waals surface area contributed by atoms with Crippen molar-refractivity contribution in [2.24, 2.45) is 0 Å². The van der Waals surface area contributed by atoms with Crippen molar-refractivity contribution in [3.63, 3.8) is 0 Å². The number of hydrogen-bond acceptors (Lipinski definition) is 4. The van der Waals surface area contributed by atoms with E-state index >= 15 is 0 Å². The minimum Gasteiger partial charge on any atom is -0.322 e. The summed E-state index contributed by atoms with van der Waals surface area (Å²) in [6.45, 7) is -0.118. The van der Waals surface area contributed by atoms with Crippen LogP contribution in [0.2, 0.25) is 0 Å². The molecule has 1 N–H and O–H groups in total. The first-order chi connectivity index (χ1) is 11.1. The van der Waals surface area contributed by atoms with E-state index in [1.807, 2.05) is 24.3 Å². The summed E-state index contributed by atoms with van der Waals surface area (Å²) in [7, 11) is 0. The highest BCUT2D eigenvalue weighted by molar-refractivity contribution is 9.10. The van der Waals surface area contributed by atoms with Gasteiger partial charge in [-0.2, -0.15) is 0 Å². The van der Waals surface area contributed by atoms with E-state index in [1.165, 1.54) is 16.8 Å². The number of hydrogen-bond donors (Lipinski definition) is 1. The van der Waals surface area contributed by atoms with Gasteiger partial charge in [0.2, 0.25) is 5.91 Å². The van der Waals surface area contributed by atoms with Crippen molar-refractivity contribution in [1.29, 1.82) is 0 Å². The van der Waals surface area contributed by atoms with Crippen molar-refractivity contribution in [3.05, 3.63) is 58.8 Å². The van der Waals surface area contributed by atoms with E-state index < -0.39 is 11.7 Å². The van der Waals surface area contributed by atoms with Gasteiger partial charge in [-0.3, -0.25) is 4.79 Å². The number of nitrogens with one attached hydrogen (secondary N) is 1. The normalized spacial score (nSPS) is 10.5. The predicted molar refractivity (Wildman–Crippen MR) is 86.0 cm³/mol. The largest absolute Gasteiger partial charge is 0.322 e. The molecule has 0 fully saturated rings. The minimum atomic E-state index is -0.495. The fourth-order valence-corrected chi connectivity index (χ4v) is 2.27. The quantitative estimate of drug-likeness (QED) is 0.760. The summed E-state index contributed by atoms with van der Waals surface area (Å²) in [4.78, 5) is 12.1. The van der Waals surface area contributed by atoms with Gasteiger partial charge in [0.05, 0.1) is 5.69 Å². The van der Waals surface area contributed by atoms with Crippen LogP contribution in [0.4, 0.5) is 10.1 Å². The second kappa shape index (κ2) is 6.66. The van der Waals surface area contributed by atoms with Crippen molar-refractivity contribution >= 4 is 27.5 Å². The number of carbonyl (C=O) groups is 1. The van der Waals surface area contributed by atoms with Gasteiger partial charge in [-0.05, 0) is 34.7 Å². The zero-order valence-electron chi connectivity index (χ0n) is 11.8. The van der Waals surface area contributed by atoms with E-state index in [-0.39, 0.29) is 12.2 Å². The molecule has 3 aromatic rings. The van der Waals surface area contributed by atoms with Crippen LogP contribution in [0, 0.1) is 5.82 Å². The molecule has 0 aliphatic carbocycles. The van der Waals surface area contributed by atoms with Gasteiger partial charge in [-0.1, -0.05) is 40.2 Å². The molecule has 3 rings (SSSR count). The maximum absolute atomic E-state index is 13.5. The Labute approximate surface area is 139 Å². The number of carbonyl (C=O) groups excluding carboxylic acids is 1. The second-order valence-electron chi connectivity index (χ2n) is 4.70. The first-order valence-corrected chi connectivity index (χ1v) is 7.49. The summed E-state index contributed by atoms with van der Waals surface area (Å²) in [5, 5.41) is 13.8. The van der Waals surface area contributed by atoms with Crippen LogP contribution in [0.1, 0.15) is 0 Å². The van der Waals surface area contributed by atoms with E-state index in [9.17, 15) is 9.18 Å². The van der Waals surface area contributed by atoms with Gasteiger partial charge in [0.1, 0.15) is 12.4 Å². The third-order valence-electron chi connectivity index (χ3n) is 3.08. The van der Waals surface area contributed by atoms with E-state index in [2.05, 4.69) is 36.8 Å². The van der Waals surface area contributed by atoms with Crippen LogP contribution >= 0.6 is 15.9 Å². The lowest BCUT2D eigenvalue weighted by atomic mass is 10.2. The Bertz CT molecular complexity index is 834. The first-order valence-electron chi connectivity index (χ1n) is 6.70. The summed E-state index contributed by atoms with van der Waals surface area (Å²) in [6, 6.07) is 13.3. The Morgan fingerprint density at radius 3 is 2.65 bits per heavy atom. The van der Waals surface area contributed by atoms with E-state index in [0.717, 1.165) is 10.0 Å². The molecule has 0 aliphatic heterocycles. The molecule has 2 aromatic carbocycles. The van der Waals surface area contributed by atoms with Crippen molar-refractivity contribution in [2.75, 3.05) is 5.32 Å². The van der Waals surface area contributed by atoms with Crippen LogP contribution in [0.15, 0.2) is 53.0 Å². The maximum Gasteiger partial charge on any atom is 0.246 e. The molecule has 116 valence electrons. The molecule has 0 spiro atoms. The third kappa shape index (κ3) is 3.59. The molecule has 0 bridgehead atoms. The molecular formula is C15H11BrFN5O. The van der Waals surface area contributed by atoms with Gasteiger partial charge in [0.25, 0.3) is 0 Å². The van der Waals surface area contributed by atoms with Crippen LogP contribution in [0.5, 0.6) is 0 Å². The lowest BCUT2D eigenvalue weighted by Gasteiger charge is -2.07. The Morgan fingerprint density at radius 2 is 1.91 bits per heavy atom. The SMILES string of the molecule is O=C(Cn1nnnc1-c1ccc(Br)cc1)Nc1ccccc1F. The molecule has 1 heterocycles. The number of halogens is 2. The van der Waals surface area contributed by atoms with Crippen molar-refractivity contribution < 1.29 is 9.18 Å². The van der Waals surface area contributed by atoms with Gasteiger partial charge < -0.3 is 5.32 Å². The number of aromatic nitrogens is 4. The van der Waals surface area contributed by atoms with Gasteiger partial charge in [0, 0.05) is 10.0 Å². The smallest absolute Gasteiger partial charge is 0.246 e. The number of tetrazole rings is 1. The summed E-state index contributed by atoms with van der Waals surface area (Å²) >= 11 is 3.35. The van der Waals surface area contributed by atoms with E-state index in [0.29, 0.717) is 5.82 Å². The average molecular weight is 376 g/mol. The Morgan fingerprint density at radius 1 is 1.17 bits per heavy atom. The standard InChI is InChI=1S/C15H11BrFN5O/c16-11-7-5-10(6-8-11)15-19-20-21-22(15)9-14(23)18-13-4-2-1-3-12(13)17/h1-8H,9H2,(H,18,23). The summed E-state index contributed by atoms with van der Waals surface area (Å²) in [5.41, 5.74) is 0.896. The number of nitrogens with zero attached hydrogens (tertiary/aromatic N) is 4. The summed E-state index contributed by atoms with van der Waals surface area (Å²) < 4.78 is 15.8. The van der Waals surface area contributed by atoms with Crippen molar-refractivity contribution in [2.45, 2.75) is 6.54 Å². The van der Waals surface area contributed by atoms with Crippen LogP contribution in [-0.4, -0.2) is 26.1 Å². The fourth-order valence-electron chi connectivity index (χ4n) is 2.01. The first kappa shape index (κ1) is 15.3. The number of amides is 1. The van der Waals surface area contributed by atoms with Crippen LogP contribution in [-0.2, 0) is 11.3 Å². The van der Waals surface area contributed by atoms with Gasteiger partial charge >= 0.3 is 0 Å². The highest BCUT2D eigenvalue weighted by atomic mass is 79.9. The predicted octanol–water partition coefficient (Wildman–Crippen LogP) is 2.88. The van der Waals surface area contributed by atoms with Crippen molar-refractivity contribution in [3.8, 4) is 11.4 Å². The van der Waals surface area contributed by atoms with Crippen LogP contribution < -0.4 is 5.32 Å². The molecule has 1 aromatic heterocycles. The molecule has 1 amide bonds. The number of anilines is 1. The maximum atomic E-state index is 13.5. The van der Waals surface area contributed by atoms with Crippen LogP contribution in [0.25, 0.3) is 11.4 Å². The Kier molecular flexibility index (Phi) is 4.42. The number of rotatable bonds is 4. The van der Waals surface area contributed by atoms with E-state index in [1.54, 1.807) is 12.1 Å². The van der Waals surface area contributed by atoms with Gasteiger partial charge in [-0.15, -0.1) is 5.10 Å². The molecule has 0 saturated carbocycles. The topological polar surface area (TPSA) is 72.7 Å². The van der Waals surface area contributed by atoms with Gasteiger partial charge in [-0.25, -0.2) is 9.07 Å². The molecule has 0 saturated heterocycles. The molecular weight excluding hydrogens is 365 g/mol. The lowest BCUT2D eigenvalue weighted by Crippen LogP contribution is -2.20. The highest BCUT2D eigenvalue weighted by Crippen LogP contribution is 2.19. The molecule has 0 radical (unpaired) electrons. The highest BCUT2D eigenvalue weighted by Gasteiger charge is 2.13. The zero-order chi connectivity index (χ0) is 16.2. The average Bonchev–Trinajstić information content (AvgIpc) is 2.98. The van der Waals surface area contributed by atoms with Crippen molar-refractivity contribution in [1.82, 2.24) is 20.2 Å². The summed E-state index contributed by atoms with van der Waals surface area (Å²) in [5.74, 6) is -0.451. The molecule has 0 atom stereocenters. The minimum absolute atomic E-state index is 0.118. The number of benzene rings is 2. The molecule has 0 aliphatic rings.